The summed E-state index contributed by atoms with van der Waals surface area (Å²) in [5.41, 5.74) is 1.31. The molecule has 1 saturated heterocycles. The second kappa shape index (κ2) is 8.97. The molecule has 1 amide bonds. The maximum atomic E-state index is 12.5. The minimum atomic E-state index is 0.176. The van der Waals surface area contributed by atoms with E-state index in [2.05, 4.69) is 46.2 Å². The van der Waals surface area contributed by atoms with Gasteiger partial charge in [0, 0.05) is 38.1 Å². The molecule has 1 aliphatic rings. The number of carbonyl (C=O) groups is 1. The number of aromatic nitrogens is 2. The summed E-state index contributed by atoms with van der Waals surface area (Å²) in [6.07, 6.45) is 5.61. The molecule has 5 nitrogen and oxygen atoms in total. The molecule has 1 aromatic carbocycles. The first-order valence-corrected chi connectivity index (χ1v) is 9.62. The SMILES string of the molecule is CN(Cc1ccccc1)[C@@H]1CCCN(C(=O)CSc2ncccn2)C1. The van der Waals surface area contributed by atoms with Gasteiger partial charge < -0.3 is 4.90 Å². The summed E-state index contributed by atoms with van der Waals surface area (Å²) >= 11 is 1.41. The Bertz CT molecular complexity index is 668. The number of carbonyl (C=O) groups excluding carboxylic acids is 1. The van der Waals surface area contributed by atoms with E-state index in [9.17, 15) is 4.79 Å². The number of piperidine rings is 1. The first kappa shape index (κ1) is 17.9. The summed E-state index contributed by atoms with van der Waals surface area (Å²) in [4.78, 5) is 25.2. The average molecular weight is 356 g/mol. The van der Waals surface area contributed by atoms with Crippen LogP contribution < -0.4 is 0 Å². The van der Waals surface area contributed by atoms with Gasteiger partial charge in [0.15, 0.2) is 5.16 Å². The molecule has 6 heteroatoms. The predicted octanol–water partition coefficient (Wildman–Crippen LogP) is 2.69. The van der Waals surface area contributed by atoms with E-state index < -0.39 is 0 Å². The van der Waals surface area contributed by atoms with Gasteiger partial charge in [0.05, 0.1) is 5.75 Å². The third kappa shape index (κ3) is 5.28. The lowest BCUT2D eigenvalue weighted by Gasteiger charge is -2.37. The molecule has 1 aromatic heterocycles. The molecule has 0 radical (unpaired) electrons. The first-order chi connectivity index (χ1) is 12.2. The van der Waals surface area contributed by atoms with Crippen LogP contribution in [0.4, 0.5) is 0 Å². The van der Waals surface area contributed by atoms with Gasteiger partial charge in [0.25, 0.3) is 0 Å². The monoisotopic (exact) mass is 356 g/mol. The van der Waals surface area contributed by atoms with Crippen LogP contribution in [0.5, 0.6) is 0 Å². The van der Waals surface area contributed by atoms with Crippen LogP contribution in [0, 0.1) is 0 Å². The summed E-state index contributed by atoms with van der Waals surface area (Å²) in [6, 6.07) is 12.7. The Morgan fingerprint density at radius 2 is 2.00 bits per heavy atom. The average Bonchev–Trinajstić information content (AvgIpc) is 2.68. The summed E-state index contributed by atoms with van der Waals surface area (Å²) in [5, 5.41) is 0.658. The molecule has 0 spiro atoms. The number of benzene rings is 1. The molecule has 0 bridgehead atoms. The van der Waals surface area contributed by atoms with Gasteiger partial charge in [-0.15, -0.1) is 0 Å². The molecule has 2 heterocycles. The molecule has 1 aliphatic heterocycles. The molecule has 0 unspecified atom stereocenters. The number of likely N-dealkylation sites (N-methyl/N-ethyl adjacent to an activating group) is 1. The van der Waals surface area contributed by atoms with Crippen LogP contribution >= 0.6 is 11.8 Å². The van der Waals surface area contributed by atoms with Gasteiger partial charge in [0.2, 0.25) is 5.91 Å². The number of rotatable bonds is 6. The van der Waals surface area contributed by atoms with Crippen LogP contribution in [-0.4, -0.2) is 57.6 Å². The zero-order valence-electron chi connectivity index (χ0n) is 14.5. The van der Waals surface area contributed by atoms with Crippen molar-refractivity contribution in [3.8, 4) is 0 Å². The van der Waals surface area contributed by atoms with Crippen molar-refractivity contribution in [1.82, 2.24) is 19.8 Å². The van der Waals surface area contributed by atoms with Crippen LogP contribution in [0.25, 0.3) is 0 Å². The topological polar surface area (TPSA) is 49.3 Å². The van der Waals surface area contributed by atoms with Gasteiger partial charge in [-0.05, 0) is 31.5 Å². The van der Waals surface area contributed by atoms with E-state index in [1.54, 1.807) is 18.5 Å². The fourth-order valence-corrected chi connectivity index (χ4v) is 3.82. The summed E-state index contributed by atoms with van der Waals surface area (Å²) in [6.45, 7) is 2.57. The Morgan fingerprint density at radius 1 is 1.24 bits per heavy atom. The number of hydrogen-bond acceptors (Lipinski definition) is 5. The van der Waals surface area contributed by atoms with Crippen LogP contribution in [0.15, 0.2) is 53.9 Å². The van der Waals surface area contributed by atoms with E-state index in [-0.39, 0.29) is 5.91 Å². The van der Waals surface area contributed by atoms with Crippen LogP contribution in [0.3, 0.4) is 0 Å². The quantitative estimate of drug-likeness (QED) is 0.588. The fourth-order valence-electron chi connectivity index (χ4n) is 3.12. The molecule has 1 atom stereocenters. The number of amides is 1. The summed E-state index contributed by atoms with van der Waals surface area (Å²) in [7, 11) is 2.15. The van der Waals surface area contributed by atoms with Crippen molar-refractivity contribution in [3.63, 3.8) is 0 Å². The van der Waals surface area contributed by atoms with Crippen molar-refractivity contribution in [2.75, 3.05) is 25.9 Å². The lowest BCUT2D eigenvalue weighted by atomic mass is 10.0. The van der Waals surface area contributed by atoms with Gasteiger partial charge >= 0.3 is 0 Å². The molecule has 3 rings (SSSR count). The largest absolute Gasteiger partial charge is 0.340 e. The normalized spacial score (nSPS) is 17.7. The van der Waals surface area contributed by atoms with E-state index in [4.69, 9.17) is 0 Å². The lowest BCUT2D eigenvalue weighted by Crippen LogP contribution is -2.48. The zero-order valence-corrected chi connectivity index (χ0v) is 15.4. The molecular weight excluding hydrogens is 332 g/mol. The Kier molecular flexibility index (Phi) is 6.42. The van der Waals surface area contributed by atoms with Gasteiger partial charge in [-0.2, -0.15) is 0 Å². The highest BCUT2D eigenvalue weighted by Crippen LogP contribution is 2.19. The summed E-state index contributed by atoms with van der Waals surface area (Å²) in [5.74, 6) is 0.578. The lowest BCUT2D eigenvalue weighted by molar-refractivity contribution is -0.130. The molecule has 0 aliphatic carbocycles. The summed E-state index contributed by atoms with van der Waals surface area (Å²) < 4.78 is 0. The number of likely N-dealkylation sites (tertiary alicyclic amines) is 1. The minimum Gasteiger partial charge on any atom is -0.340 e. The number of hydrogen-bond donors (Lipinski definition) is 0. The van der Waals surface area contributed by atoms with Crippen molar-refractivity contribution in [3.05, 3.63) is 54.4 Å². The minimum absolute atomic E-state index is 0.176. The van der Waals surface area contributed by atoms with Crippen LogP contribution in [0.1, 0.15) is 18.4 Å². The van der Waals surface area contributed by atoms with E-state index in [0.717, 1.165) is 32.5 Å². The Morgan fingerprint density at radius 3 is 2.76 bits per heavy atom. The number of thioether (sulfide) groups is 1. The van der Waals surface area contributed by atoms with E-state index in [1.165, 1.54) is 17.3 Å². The second-order valence-corrected chi connectivity index (χ2v) is 7.30. The van der Waals surface area contributed by atoms with Crippen molar-refractivity contribution in [1.29, 1.82) is 0 Å². The first-order valence-electron chi connectivity index (χ1n) is 8.64. The molecule has 2 aromatic rings. The zero-order chi connectivity index (χ0) is 17.5. The fraction of sp³-hybridized carbons (Fsp3) is 0.421. The van der Waals surface area contributed by atoms with Crippen LogP contribution in [-0.2, 0) is 11.3 Å². The van der Waals surface area contributed by atoms with Gasteiger partial charge in [0.1, 0.15) is 0 Å². The molecule has 25 heavy (non-hydrogen) atoms. The molecule has 1 fully saturated rings. The smallest absolute Gasteiger partial charge is 0.233 e. The predicted molar refractivity (Wildman–Crippen MR) is 100 cm³/mol. The second-order valence-electron chi connectivity index (χ2n) is 6.36. The third-order valence-electron chi connectivity index (χ3n) is 4.51. The highest BCUT2D eigenvalue weighted by atomic mass is 32.2. The molecule has 132 valence electrons. The Balaban J connectivity index is 1.50. The van der Waals surface area contributed by atoms with E-state index in [1.807, 2.05) is 11.0 Å². The van der Waals surface area contributed by atoms with E-state index >= 15 is 0 Å². The highest BCUT2D eigenvalue weighted by Gasteiger charge is 2.26. The standard InChI is InChI=1S/C19H24N4OS/c1-22(13-16-7-3-2-4-8-16)17-9-5-12-23(14-17)18(24)15-25-19-20-10-6-11-21-19/h2-4,6-8,10-11,17H,5,9,12-15H2,1H3/t17-/m1/s1. The maximum Gasteiger partial charge on any atom is 0.233 e. The third-order valence-corrected chi connectivity index (χ3v) is 5.37. The molecule has 0 N–H and O–H groups in total. The van der Waals surface area contributed by atoms with Crippen molar-refractivity contribution < 1.29 is 4.79 Å². The van der Waals surface area contributed by atoms with Gasteiger partial charge in [-0.3, -0.25) is 9.69 Å². The Labute approximate surface area is 153 Å². The van der Waals surface area contributed by atoms with Crippen molar-refractivity contribution >= 4 is 17.7 Å². The van der Waals surface area contributed by atoms with E-state index in [0.29, 0.717) is 17.0 Å². The highest BCUT2D eigenvalue weighted by molar-refractivity contribution is 7.99. The van der Waals surface area contributed by atoms with Crippen molar-refractivity contribution in [2.45, 2.75) is 30.6 Å². The van der Waals surface area contributed by atoms with Crippen LogP contribution in [0.2, 0.25) is 0 Å². The Hall–Kier alpha value is -1.92. The number of nitrogens with zero attached hydrogens (tertiary/aromatic N) is 4. The van der Waals surface area contributed by atoms with Crippen molar-refractivity contribution in [2.24, 2.45) is 0 Å². The van der Waals surface area contributed by atoms with Gasteiger partial charge in [-0.1, -0.05) is 42.1 Å². The molecule has 0 saturated carbocycles. The molecular formula is C19H24N4OS. The van der Waals surface area contributed by atoms with Gasteiger partial charge in [-0.25, -0.2) is 9.97 Å². The maximum absolute atomic E-state index is 12.5.